The summed E-state index contributed by atoms with van der Waals surface area (Å²) in [7, 11) is 0. The Hall–Kier alpha value is -3.36. The summed E-state index contributed by atoms with van der Waals surface area (Å²) in [5, 5.41) is 8.32. The first kappa shape index (κ1) is 19.6. The van der Waals surface area contributed by atoms with Crippen molar-refractivity contribution in [2.45, 2.75) is 45.3 Å². The Balaban J connectivity index is 1.44. The number of piperidine rings is 2. The van der Waals surface area contributed by atoms with Crippen LogP contribution in [-0.4, -0.2) is 54.5 Å². The largest absolute Gasteiger partial charge is 0.470 e. The van der Waals surface area contributed by atoms with Crippen LogP contribution >= 0.6 is 0 Å². The number of nitrogens with zero attached hydrogens (tertiary/aromatic N) is 6. The molecule has 1 amide bonds. The number of amides is 1. The number of carbonyl (C=O) groups excluding carboxylic acids is 1. The molecule has 0 spiro atoms. The zero-order valence-corrected chi connectivity index (χ0v) is 17.4. The lowest BCUT2D eigenvalue weighted by atomic mass is 9.77. The second-order valence-corrected chi connectivity index (χ2v) is 8.30. The minimum Gasteiger partial charge on any atom is -0.470 e. The Morgan fingerprint density at radius 3 is 2.74 bits per heavy atom. The molecule has 160 valence electrons. The molecule has 5 heterocycles. The van der Waals surface area contributed by atoms with Crippen molar-refractivity contribution in [3.05, 3.63) is 59.6 Å². The van der Waals surface area contributed by atoms with E-state index in [0.29, 0.717) is 23.8 Å². The average molecular weight is 422 g/mol. The fourth-order valence-corrected chi connectivity index (χ4v) is 4.59. The van der Waals surface area contributed by atoms with E-state index in [0.717, 1.165) is 30.5 Å². The number of aromatic nitrogens is 5. The fraction of sp³-hybridized carbons (Fsp3) is 0.409. The summed E-state index contributed by atoms with van der Waals surface area (Å²) in [4.78, 5) is 25.5. The summed E-state index contributed by atoms with van der Waals surface area (Å²) >= 11 is 0. The lowest BCUT2D eigenvalue weighted by Gasteiger charge is -2.49. The molecule has 3 unspecified atom stereocenters. The maximum Gasteiger partial charge on any atom is 0.275 e. The summed E-state index contributed by atoms with van der Waals surface area (Å²) in [6.45, 7) is 4.26. The van der Waals surface area contributed by atoms with Crippen LogP contribution in [0.15, 0.2) is 36.8 Å². The highest BCUT2D eigenvalue weighted by Gasteiger charge is 2.45. The predicted molar refractivity (Wildman–Crippen MR) is 109 cm³/mol. The number of pyridine rings is 2. The third kappa shape index (κ3) is 3.64. The van der Waals surface area contributed by atoms with Crippen molar-refractivity contribution >= 4 is 5.91 Å². The smallest absolute Gasteiger partial charge is 0.275 e. The van der Waals surface area contributed by atoms with Crippen LogP contribution in [0, 0.1) is 25.6 Å². The minimum absolute atomic E-state index is 0.00865. The third-order valence-corrected chi connectivity index (χ3v) is 6.04. The van der Waals surface area contributed by atoms with Gasteiger partial charge in [-0.3, -0.25) is 4.79 Å². The third-order valence-electron chi connectivity index (χ3n) is 6.04. The number of halogens is 1. The molecule has 6 rings (SSSR count). The van der Waals surface area contributed by atoms with Crippen LogP contribution in [0.25, 0.3) is 5.69 Å². The number of hydrogen-bond acceptors (Lipinski definition) is 6. The molecule has 0 aromatic carbocycles. The van der Waals surface area contributed by atoms with Crippen molar-refractivity contribution in [1.29, 1.82) is 0 Å². The van der Waals surface area contributed by atoms with Gasteiger partial charge in [0.2, 0.25) is 0 Å². The Morgan fingerprint density at radius 2 is 2.00 bits per heavy atom. The van der Waals surface area contributed by atoms with Crippen molar-refractivity contribution in [3.8, 4) is 11.6 Å². The maximum atomic E-state index is 14.3. The highest BCUT2D eigenvalue weighted by molar-refractivity contribution is 5.96. The molecule has 1 aliphatic carbocycles. The first-order valence-corrected chi connectivity index (χ1v) is 10.4. The molecule has 2 saturated heterocycles. The molecule has 8 nitrogen and oxygen atoms in total. The summed E-state index contributed by atoms with van der Waals surface area (Å²) in [6, 6.07) is 4.87. The highest BCUT2D eigenvalue weighted by Crippen LogP contribution is 2.38. The molecular formula is C22H23FN6O2. The van der Waals surface area contributed by atoms with E-state index >= 15 is 0 Å². The second kappa shape index (κ2) is 7.72. The molecule has 9 heteroatoms. The maximum absolute atomic E-state index is 14.3. The molecule has 0 N–H and O–H groups in total. The van der Waals surface area contributed by atoms with Crippen LogP contribution in [0.3, 0.4) is 0 Å². The fourth-order valence-electron chi connectivity index (χ4n) is 4.59. The summed E-state index contributed by atoms with van der Waals surface area (Å²) in [5.74, 6) is -0.378. The summed E-state index contributed by atoms with van der Waals surface area (Å²) in [5.41, 5.74) is 2.31. The quantitative estimate of drug-likeness (QED) is 0.643. The molecule has 3 aromatic rings. The normalized spacial score (nSPS) is 22.5. The van der Waals surface area contributed by atoms with E-state index in [4.69, 9.17) is 4.74 Å². The van der Waals surface area contributed by atoms with Crippen molar-refractivity contribution in [2.24, 2.45) is 5.92 Å². The van der Waals surface area contributed by atoms with Gasteiger partial charge in [0.05, 0.1) is 18.4 Å². The van der Waals surface area contributed by atoms with Gasteiger partial charge in [-0.25, -0.2) is 14.4 Å². The topological polar surface area (TPSA) is 86.0 Å². The van der Waals surface area contributed by atoms with Gasteiger partial charge < -0.3 is 9.64 Å². The summed E-state index contributed by atoms with van der Waals surface area (Å²) < 4.78 is 20.3. The predicted octanol–water partition coefficient (Wildman–Crippen LogP) is 2.89. The van der Waals surface area contributed by atoms with Crippen molar-refractivity contribution in [2.75, 3.05) is 6.54 Å². The van der Waals surface area contributed by atoms with Crippen LogP contribution in [0.1, 0.15) is 41.0 Å². The molecule has 3 atom stereocenters. The van der Waals surface area contributed by atoms with E-state index in [9.17, 15) is 9.18 Å². The van der Waals surface area contributed by atoms with Gasteiger partial charge in [-0.2, -0.15) is 10.2 Å². The molecule has 3 fully saturated rings. The van der Waals surface area contributed by atoms with Crippen molar-refractivity contribution in [3.63, 3.8) is 0 Å². The van der Waals surface area contributed by atoms with Gasteiger partial charge >= 0.3 is 0 Å². The molecule has 0 radical (unpaired) electrons. The minimum atomic E-state index is -0.480. The molecule has 3 aromatic heterocycles. The van der Waals surface area contributed by atoms with Crippen molar-refractivity contribution < 1.29 is 13.9 Å². The first-order valence-electron chi connectivity index (χ1n) is 10.4. The standard InChI is InChI=1S/C22H23FN6O2/c1-13-9-16(23)21(24-11-13)31-19-10-15-4-6-17(19)28(12-15)22(30)20-18(5-3-14(2)27-20)29-25-7-8-26-29/h3,5,7-9,11,15,17,19H,4,6,10,12H2,1-2H3. The number of aryl methyl sites for hydroxylation is 2. The average Bonchev–Trinajstić information content (AvgIpc) is 3.30. The zero-order chi connectivity index (χ0) is 21.5. The van der Waals surface area contributed by atoms with Gasteiger partial charge in [-0.1, -0.05) is 0 Å². The molecular weight excluding hydrogens is 399 g/mol. The van der Waals surface area contributed by atoms with Crippen LogP contribution < -0.4 is 4.74 Å². The van der Waals surface area contributed by atoms with Crippen molar-refractivity contribution in [1.82, 2.24) is 29.9 Å². The Kier molecular flexibility index (Phi) is 4.88. The molecule has 2 bridgehead atoms. The van der Waals surface area contributed by atoms with Crippen LogP contribution in [0.2, 0.25) is 0 Å². The van der Waals surface area contributed by atoms with Crippen LogP contribution in [0.4, 0.5) is 4.39 Å². The van der Waals surface area contributed by atoms with E-state index in [2.05, 4.69) is 20.2 Å². The molecule has 2 aliphatic heterocycles. The highest BCUT2D eigenvalue weighted by atomic mass is 19.1. The van der Waals surface area contributed by atoms with Gasteiger partial charge in [0.15, 0.2) is 11.5 Å². The lowest BCUT2D eigenvalue weighted by Crippen LogP contribution is -2.59. The van der Waals surface area contributed by atoms with E-state index in [1.54, 1.807) is 31.6 Å². The van der Waals surface area contributed by atoms with Crippen LogP contribution in [0.5, 0.6) is 5.88 Å². The first-order chi connectivity index (χ1) is 15.0. The molecule has 3 aliphatic rings. The number of carbonyl (C=O) groups is 1. The van der Waals surface area contributed by atoms with E-state index in [1.807, 2.05) is 17.9 Å². The van der Waals surface area contributed by atoms with Crippen LogP contribution in [-0.2, 0) is 0 Å². The van der Waals surface area contributed by atoms with Gasteiger partial charge in [-0.05, 0) is 62.8 Å². The molecule has 1 saturated carbocycles. The Labute approximate surface area is 179 Å². The van der Waals surface area contributed by atoms with Gasteiger partial charge in [0, 0.05) is 18.4 Å². The van der Waals surface area contributed by atoms with Gasteiger partial charge in [-0.15, -0.1) is 4.80 Å². The summed E-state index contributed by atoms with van der Waals surface area (Å²) in [6.07, 6.45) is 6.99. The number of hydrogen-bond donors (Lipinski definition) is 0. The monoisotopic (exact) mass is 422 g/mol. The zero-order valence-electron chi connectivity index (χ0n) is 17.4. The SMILES string of the molecule is Cc1cnc(OC2CC3CCC2N(C(=O)c2nc(C)ccc2-n2nccn2)C3)c(F)c1. The second-order valence-electron chi connectivity index (χ2n) is 8.30. The molecule has 31 heavy (non-hydrogen) atoms. The Bertz CT molecular complexity index is 1120. The van der Waals surface area contributed by atoms with E-state index in [-0.39, 0.29) is 23.9 Å². The van der Waals surface area contributed by atoms with E-state index in [1.165, 1.54) is 10.9 Å². The number of rotatable bonds is 4. The van der Waals surface area contributed by atoms with E-state index < -0.39 is 5.82 Å². The lowest BCUT2D eigenvalue weighted by molar-refractivity contribution is -0.0329. The number of ether oxygens (including phenoxy) is 1. The van der Waals surface area contributed by atoms with Gasteiger partial charge in [0.1, 0.15) is 11.8 Å². The van der Waals surface area contributed by atoms with Gasteiger partial charge in [0.25, 0.3) is 11.8 Å². The number of fused-ring (bicyclic) bond motifs is 3. The Morgan fingerprint density at radius 1 is 1.19 bits per heavy atom.